The highest BCUT2D eigenvalue weighted by Crippen LogP contribution is 2.48. The molecule has 5 aromatic carbocycles. The van der Waals surface area contributed by atoms with E-state index in [1.165, 1.54) is 14.2 Å². The van der Waals surface area contributed by atoms with Crippen LogP contribution in [0.4, 0.5) is 0 Å². The average molecular weight is 687 g/mol. The van der Waals surface area contributed by atoms with Gasteiger partial charge in [-0.05, 0) is 61.2 Å². The van der Waals surface area contributed by atoms with E-state index in [-0.39, 0.29) is 51.3 Å². The number of hydrogen-bond acceptors (Lipinski definition) is 10. The summed E-state index contributed by atoms with van der Waals surface area (Å²) in [5.41, 5.74) is 1.85. The molecule has 1 aliphatic heterocycles. The van der Waals surface area contributed by atoms with Crippen molar-refractivity contribution in [3.05, 3.63) is 136 Å². The van der Waals surface area contributed by atoms with Gasteiger partial charge in [-0.25, -0.2) is 9.59 Å². The summed E-state index contributed by atoms with van der Waals surface area (Å²) in [4.78, 5) is 54.9. The number of phenols is 1. The number of benzene rings is 5. The van der Waals surface area contributed by atoms with Gasteiger partial charge in [0.2, 0.25) is 5.78 Å². The van der Waals surface area contributed by atoms with Crippen LogP contribution >= 0.6 is 0 Å². The predicted octanol–water partition coefficient (Wildman–Crippen LogP) is 6.95. The number of phenolic OH excluding ortho intramolecular Hbond substituents is 1. The summed E-state index contributed by atoms with van der Waals surface area (Å²) in [6, 6.07) is 25.1. The van der Waals surface area contributed by atoms with Crippen molar-refractivity contribution in [3.8, 4) is 17.2 Å². The fourth-order valence-corrected chi connectivity index (χ4v) is 7.14. The fraction of sp³-hybridized carbons (Fsp3) is 0.220. The van der Waals surface area contributed by atoms with Crippen LogP contribution in [-0.4, -0.2) is 61.1 Å². The molecule has 7 rings (SSSR count). The van der Waals surface area contributed by atoms with Gasteiger partial charge < -0.3 is 28.8 Å². The molecule has 0 aromatic heterocycles. The van der Waals surface area contributed by atoms with Gasteiger partial charge in [-0.3, -0.25) is 9.59 Å². The second-order valence-corrected chi connectivity index (χ2v) is 12.5. The third-order valence-electron chi connectivity index (χ3n) is 9.50. The Morgan fingerprint density at radius 3 is 2.00 bits per heavy atom. The molecule has 0 unspecified atom stereocenters. The third-order valence-corrected chi connectivity index (χ3v) is 9.50. The van der Waals surface area contributed by atoms with Crippen LogP contribution in [0.2, 0.25) is 0 Å². The van der Waals surface area contributed by atoms with Crippen LogP contribution in [0.5, 0.6) is 17.2 Å². The maximum Gasteiger partial charge on any atom is 0.338 e. The van der Waals surface area contributed by atoms with Crippen molar-refractivity contribution in [1.29, 1.82) is 0 Å². The molecular weight excluding hydrogens is 652 g/mol. The van der Waals surface area contributed by atoms with Crippen LogP contribution < -0.4 is 9.47 Å². The second-order valence-electron chi connectivity index (χ2n) is 12.5. The van der Waals surface area contributed by atoms with Gasteiger partial charge >= 0.3 is 11.9 Å². The molecule has 1 saturated heterocycles. The summed E-state index contributed by atoms with van der Waals surface area (Å²) in [6.45, 7) is 3.49. The molecular formula is C41H34O10. The average Bonchev–Trinajstić information content (AvgIpc) is 3.14. The Morgan fingerprint density at radius 2 is 1.37 bits per heavy atom. The van der Waals surface area contributed by atoms with Crippen LogP contribution in [0.1, 0.15) is 83.1 Å². The molecule has 1 heterocycles. The first-order chi connectivity index (χ1) is 24.6. The Hall–Kier alpha value is -6.00. The summed E-state index contributed by atoms with van der Waals surface area (Å²) in [5, 5.41) is 12.8. The number of ketones is 2. The number of rotatable bonds is 7. The van der Waals surface area contributed by atoms with Crippen LogP contribution in [0, 0.1) is 6.92 Å². The smallest absolute Gasteiger partial charge is 0.338 e. The lowest BCUT2D eigenvalue weighted by Gasteiger charge is -2.40. The Balaban J connectivity index is 1.33. The normalized spacial score (nSPS) is 19.5. The van der Waals surface area contributed by atoms with Crippen LogP contribution in [0.3, 0.4) is 0 Å². The first-order valence-corrected chi connectivity index (χ1v) is 16.4. The van der Waals surface area contributed by atoms with Crippen molar-refractivity contribution in [1.82, 2.24) is 0 Å². The van der Waals surface area contributed by atoms with E-state index in [1.54, 1.807) is 105 Å². The van der Waals surface area contributed by atoms with Gasteiger partial charge in [-0.2, -0.15) is 0 Å². The van der Waals surface area contributed by atoms with Gasteiger partial charge in [0.1, 0.15) is 23.4 Å². The number of esters is 2. The fourth-order valence-electron chi connectivity index (χ4n) is 7.14. The number of methoxy groups -OCH3 is 2. The van der Waals surface area contributed by atoms with E-state index in [1.807, 2.05) is 0 Å². The van der Waals surface area contributed by atoms with Crippen molar-refractivity contribution in [3.63, 3.8) is 0 Å². The monoisotopic (exact) mass is 686 g/mol. The number of carbonyl (C=O) groups is 4. The van der Waals surface area contributed by atoms with Crippen molar-refractivity contribution in [2.24, 2.45) is 0 Å². The summed E-state index contributed by atoms with van der Waals surface area (Å²) >= 11 is 0. The summed E-state index contributed by atoms with van der Waals surface area (Å²) < 4.78 is 29.5. The molecule has 0 radical (unpaired) electrons. The van der Waals surface area contributed by atoms with Gasteiger partial charge in [0.05, 0.1) is 48.7 Å². The van der Waals surface area contributed by atoms with Gasteiger partial charge in [0.25, 0.3) is 0 Å². The molecule has 0 saturated carbocycles. The molecule has 1 N–H and O–H groups in total. The molecule has 10 nitrogen and oxygen atoms in total. The first-order valence-electron chi connectivity index (χ1n) is 16.4. The standard InChI is InChI=1S/C41H34O10/c1-21-18-25-19-28(48-4)34-35(36(42)26-16-11-17-27(47-3)33(26)38(34)44)32(25)37(43)31(21)29-20-30(50-40(45)23-12-7-5-8-13-23)39(22(2)49-29)51-41(46)24-14-9-6-10-15-24/h5-19,22,29-30,39,43H,20H2,1-4H3/t22-,29+,30-,39-/m1/s1. The second kappa shape index (κ2) is 13.4. The zero-order valence-corrected chi connectivity index (χ0v) is 28.3. The molecule has 5 aromatic rings. The minimum atomic E-state index is -0.993. The zero-order chi connectivity index (χ0) is 36.0. The highest BCUT2D eigenvalue weighted by atomic mass is 16.6. The Morgan fingerprint density at radius 1 is 0.745 bits per heavy atom. The van der Waals surface area contributed by atoms with E-state index in [2.05, 4.69) is 0 Å². The maximum atomic E-state index is 14.2. The molecule has 2 aliphatic rings. The molecule has 1 aliphatic carbocycles. The minimum Gasteiger partial charge on any atom is -0.507 e. The molecule has 51 heavy (non-hydrogen) atoms. The van der Waals surface area contributed by atoms with E-state index in [9.17, 15) is 24.3 Å². The summed E-state index contributed by atoms with van der Waals surface area (Å²) in [7, 11) is 2.83. The molecule has 0 spiro atoms. The number of carbonyl (C=O) groups excluding carboxylic acids is 4. The maximum absolute atomic E-state index is 14.2. The lowest BCUT2D eigenvalue weighted by molar-refractivity contribution is -0.167. The van der Waals surface area contributed by atoms with E-state index in [0.717, 1.165) is 0 Å². The van der Waals surface area contributed by atoms with Gasteiger partial charge in [-0.15, -0.1) is 0 Å². The number of aromatic hydroxyl groups is 1. The molecule has 0 bridgehead atoms. The van der Waals surface area contributed by atoms with Crippen LogP contribution in [0.15, 0.2) is 91.0 Å². The molecule has 10 heteroatoms. The molecule has 258 valence electrons. The van der Waals surface area contributed by atoms with Crippen LogP contribution in [0.25, 0.3) is 10.8 Å². The van der Waals surface area contributed by atoms with Gasteiger partial charge in [-0.1, -0.05) is 54.6 Å². The number of hydrogen-bond donors (Lipinski definition) is 1. The van der Waals surface area contributed by atoms with Gasteiger partial charge in [0, 0.05) is 28.5 Å². The predicted molar refractivity (Wildman–Crippen MR) is 186 cm³/mol. The van der Waals surface area contributed by atoms with E-state index < -0.39 is 47.9 Å². The largest absolute Gasteiger partial charge is 0.507 e. The van der Waals surface area contributed by atoms with Crippen molar-refractivity contribution in [2.75, 3.05) is 14.2 Å². The molecule has 1 fully saturated rings. The third kappa shape index (κ3) is 5.77. The Kier molecular flexibility index (Phi) is 8.78. The Bertz CT molecular complexity index is 2210. The highest BCUT2D eigenvalue weighted by molar-refractivity contribution is 6.34. The van der Waals surface area contributed by atoms with Crippen molar-refractivity contribution in [2.45, 2.75) is 44.7 Å². The van der Waals surface area contributed by atoms with E-state index in [0.29, 0.717) is 27.6 Å². The lowest BCUT2D eigenvalue weighted by atomic mass is 9.79. The molecule has 4 atom stereocenters. The summed E-state index contributed by atoms with van der Waals surface area (Å²) in [5.74, 6) is -2.02. The SMILES string of the molecule is COc1cccc2c1C(=O)c1c(OC)cc3cc(C)c([C@@H]4C[C@@H](OC(=O)c5ccccc5)[C@H](OC(=O)c5ccccc5)[C@@H](C)O4)c(O)c3c1C2=O. The van der Waals surface area contributed by atoms with E-state index >= 15 is 0 Å². The first kappa shape index (κ1) is 33.5. The topological polar surface area (TPSA) is 135 Å². The summed E-state index contributed by atoms with van der Waals surface area (Å²) in [6.07, 6.45) is -3.65. The Labute approximate surface area is 293 Å². The highest BCUT2D eigenvalue weighted by Gasteiger charge is 2.44. The van der Waals surface area contributed by atoms with Crippen molar-refractivity contribution < 1.29 is 48.0 Å². The van der Waals surface area contributed by atoms with Gasteiger partial charge in [0.15, 0.2) is 11.9 Å². The van der Waals surface area contributed by atoms with Crippen molar-refractivity contribution >= 4 is 34.3 Å². The number of ether oxygens (including phenoxy) is 5. The number of aryl methyl sites for hydroxylation is 1. The number of fused-ring (bicyclic) bond motifs is 4. The molecule has 0 amide bonds. The lowest BCUT2D eigenvalue weighted by Crippen LogP contribution is -2.49. The zero-order valence-electron chi connectivity index (χ0n) is 28.3. The van der Waals surface area contributed by atoms with E-state index in [4.69, 9.17) is 23.7 Å². The quantitative estimate of drug-likeness (QED) is 0.176. The van der Waals surface area contributed by atoms with Crippen LogP contribution in [-0.2, 0) is 14.2 Å². The minimum absolute atomic E-state index is 0.000524.